The molecule has 3 atom stereocenters. The predicted molar refractivity (Wildman–Crippen MR) is 116 cm³/mol. The number of hydrogen-bond acceptors (Lipinski definition) is 4. The number of carbonyl (C=O) groups is 1. The molecule has 0 radical (unpaired) electrons. The van der Waals surface area contributed by atoms with Crippen LogP contribution in [0.1, 0.15) is 48.0 Å². The predicted octanol–water partition coefficient (Wildman–Crippen LogP) is 4.38. The molecule has 3 aliphatic rings. The van der Waals surface area contributed by atoms with Crippen LogP contribution in [0.4, 0.5) is 0 Å². The average molecular weight is 413 g/mol. The Hall–Kier alpha value is -1.79. The molecule has 3 rings (SSSR count). The van der Waals surface area contributed by atoms with Crippen molar-refractivity contribution >= 4 is 14.3 Å². The summed E-state index contributed by atoms with van der Waals surface area (Å²) in [5.41, 5.74) is 0.616. The highest BCUT2D eigenvalue weighted by molar-refractivity contribution is 6.74. The SMILES string of the molecule is CC(C)(C)C(=O)OC[C@]12C#CC3=CC[C@H](O[Si](C)(C)C(C)(C)C)/C3=C/C#C[C@H]1O2. The number of fused-ring (bicyclic) bond motifs is 2. The zero-order chi connectivity index (χ0) is 21.7. The summed E-state index contributed by atoms with van der Waals surface area (Å²) in [6, 6.07) is 0. The summed E-state index contributed by atoms with van der Waals surface area (Å²) in [7, 11) is -1.90. The van der Waals surface area contributed by atoms with Gasteiger partial charge >= 0.3 is 5.97 Å². The lowest BCUT2D eigenvalue weighted by Gasteiger charge is -2.38. The number of allylic oxidation sites excluding steroid dienone is 1. The quantitative estimate of drug-likeness (QED) is 0.298. The number of ether oxygens (including phenoxy) is 2. The molecule has 2 aliphatic carbocycles. The van der Waals surface area contributed by atoms with Crippen molar-refractivity contribution in [2.24, 2.45) is 5.41 Å². The van der Waals surface area contributed by atoms with E-state index in [2.05, 4.69) is 63.6 Å². The van der Waals surface area contributed by atoms with Gasteiger partial charge in [-0.05, 0) is 51.4 Å². The van der Waals surface area contributed by atoms with E-state index < -0.39 is 19.3 Å². The second-order valence-electron chi connectivity index (χ2n) is 10.6. The van der Waals surface area contributed by atoms with Crippen LogP contribution in [0, 0.1) is 29.1 Å². The zero-order valence-electron chi connectivity index (χ0n) is 18.9. The molecule has 0 unspecified atom stereocenters. The van der Waals surface area contributed by atoms with Gasteiger partial charge in [-0.15, -0.1) is 0 Å². The first-order valence-electron chi connectivity index (χ1n) is 10.2. The van der Waals surface area contributed by atoms with Gasteiger partial charge in [0.2, 0.25) is 5.60 Å². The fourth-order valence-electron chi connectivity index (χ4n) is 2.90. The largest absolute Gasteiger partial charge is 0.461 e. The standard InChI is InChI=1S/C24H32O4Si/c1-22(2,3)21(25)26-16-24-15-14-17-12-13-19(28-29(7,8)23(4,5)6)18(17)10-9-11-20(24)27-24/h10,12,19-20H,13,16H2,1-8H3/b18-10+/t19-,20+,24+/m0/s1. The van der Waals surface area contributed by atoms with Crippen molar-refractivity contribution in [2.45, 2.75) is 83.9 Å². The lowest BCUT2D eigenvalue weighted by molar-refractivity contribution is -0.154. The van der Waals surface area contributed by atoms with Crippen LogP contribution in [0.2, 0.25) is 18.1 Å². The highest BCUT2D eigenvalue weighted by Crippen LogP contribution is 2.41. The third kappa shape index (κ3) is 4.53. The number of hydrogen-bond donors (Lipinski definition) is 0. The first-order valence-corrected chi connectivity index (χ1v) is 13.1. The van der Waals surface area contributed by atoms with Gasteiger partial charge in [0.05, 0.1) is 11.5 Å². The van der Waals surface area contributed by atoms with E-state index in [0.717, 1.165) is 17.6 Å². The Morgan fingerprint density at radius 3 is 2.59 bits per heavy atom. The van der Waals surface area contributed by atoms with Gasteiger partial charge in [0.25, 0.3) is 0 Å². The van der Waals surface area contributed by atoms with E-state index in [-0.39, 0.29) is 29.8 Å². The minimum absolute atomic E-state index is 0.000458. The van der Waals surface area contributed by atoms with E-state index in [0.29, 0.717) is 0 Å². The second-order valence-corrected chi connectivity index (χ2v) is 15.3. The minimum Gasteiger partial charge on any atom is -0.461 e. The van der Waals surface area contributed by atoms with Gasteiger partial charge in [-0.1, -0.05) is 50.5 Å². The monoisotopic (exact) mass is 412 g/mol. The van der Waals surface area contributed by atoms with Gasteiger partial charge in [0.15, 0.2) is 14.4 Å². The molecule has 0 N–H and O–H groups in total. The molecule has 0 bridgehead atoms. The summed E-state index contributed by atoms with van der Waals surface area (Å²) in [4.78, 5) is 12.1. The van der Waals surface area contributed by atoms with E-state index in [4.69, 9.17) is 13.9 Å². The van der Waals surface area contributed by atoms with Crippen LogP contribution in [0.15, 0.2) is 23.3 Å². The molecule has 0 amide bonds. The number of carbonyl (C=O) groups excluding carboxylic acids is 1. The van der Waals surface area contributed by atoms with Crippen molar-refractivity contribution in [1.29, 1.82) is 0 Å². The average Bonchev–Trinajstić information content (AvgIpc) is 3.12. The van der Waals surface area contributed by atoms with Gasteiger partial charge < -0.3 is 13.9 Å². The highest BCUT2D eigenvalue weighted by atomic mass is 28.4. The molecule has 0 spiro atoms. The molecule has 0 aromatic carbocycles. The van der Waals surface area contributed by atoms with Crippen LogP contribution in [0.25, 0.3) is 0 Å². The Bertz CT molecular complexity index is 890. The van der Waals surface area contributed by atoms with Crippen LogP contribution in [-0.4, -0.2) is 38.7 Å². The van der Waals surface area contributed by atoms with Crippen LogP contribution < -0.4 is 0 Å². The van der Waals surface area contributed by atoms with E-state index in [9.17, 15) is 4.79 Å². The molecular formula is C24H32O4Si. The van der Waals surface area contributed by atoms with Gasteiger partial charge in [-0.25, -0.2) is 0 Å². The molecule has 29 heavy (non-hydrogen) atoms. The molecule has 0 saturated carbocycles. The van der Waals surface area contributed by atoms with Crippen LogP contribution in [-0.2, 0) is 18.7 Å². The summed E-state index contributed by atoms with van der Waals surface area (Å²) in [5.74, 6) is 12.4. The molecule has 1 heterocycles. The number of rotatable bonds is 4. The van der Waals surface area contributed by atoms with Gasteiger partial charge in [-0.3, -0.25) is 4.79 Å². The molecule has 1 saturated heterocycles. The first-order chi connectivity index (χ1) is 13.3. The molecule has 4 nitrogen and oxygen atoms in total. The topological polar surface area (TPSA) is 48.1 Å². The lowest BCUT2D eigenvalue weighted by Crippen LogP contribution is -2.43. The maximum absolute atomic E-state index is 12.1. The van der Waals surface area contributed by atoms with Crippen molar-refractivity contribution in [3.63, 3.8) is 0 Å². The van der Waals surface area contributed by atoms with Crippen LogP contribution in [0.3, 0.4) is 0 Å². The van der Waals surface area contributed by atoms with Crippen molar-refractivity contribution in [3.05, 3.63) is 23.3 Å². The third-order valence-corrected chi connectivity index (χ3v) is 10.5. The lowest BCUT2D eigenvalue weighted by atomic mass is 9.97. The number of esters is 1. The molecule has 0 aromatic heterocycles. The van der Waals surface area contributed by atoms with Crippen molar-refractivity contribution in [2.75, 3.05) is 6.61 Å². The van der Waals surface area contributed by atoms with Crippen molar-refractivity contribution in [1.82, 2.24) is 0 Å². The minimum atomic E-state index is -1.90. The Balaban J connectivity index is 1.76. The Morgan fingerprint density at radius 1 is 1.28 bits per heavy atom. The summed E-state index contributed by atoms with van der Waals surface area (Å²) < 4.78 is 17.8. The van der Waals surface area contributed by atoms with E-state index in [1.165, 1.54) is 0 Å². The second kappa shape index (κ2) is 7.17. The summed E-state index contributed by atoms with van der Waals surface area (Å²) in [5, 5.41) is 0.142. The highest BCUT2D eigenvalue weighted by Gasteiger charge is 2.57. The molecule has 1 fully saturated rings. The summed E-state index contributed by atoms with van der Waals surface area (Å²) in [6.07, 6.45) is 4.51. The zero-order valence-corrected chi connectivity index (χ0v) is 19.9. The van der Waals surface area contributed by atoms with Gasteiger partial charge in [-0.2, -0.15) is 0 Å². The fourth-order valence-corrected chi connectivity index (χ4v) is 4.19. The van der Waals surface area contributed by atoms with Gasteiger partial charge in [0.1, 0.15) is 6.61 Å². The molecule has 5 heteroatoms. The van der Waals surface area contributed by atoms with E-state index in [1.54, 1.807) is 0 Å². The number of epoxide rings is 1. The van der Waals surface area contributed by atoms with E-state index >= 15 is 0 Å². The van der Waals surface area contributed by atoms with Gasteiger partial charge in [0, 0.05) is 11.1 Å². The van der Waals surface area contributed by atoms with E-state index in [1.807, 2.05) is 26.8 Å². The maximum Gasteiger partial charge on any atom is 0.311 e. The Labute approximate surface area is 176 Å². The maximum atomic E-state index is 12.1. The smallest absolute Gasteiger partial charge is 0.311 e. The molecule has 0 aromatic rings. The van der Waals surface area contributed by atoms with Crippen molar-refractivity contribution < 1.29 is 18.7 Å². The normalized spacial score (nSPS) is 29.8. The summed E-state index contributed by atoms with van der Waals surface area (Å²) >= 11 is 0. The molecular weight excluding hydrogens is 380 g/mol. The Morgan fingerprint density at radius 2 is 1.97 bits per heavy atom. The molecule has 1 aliphatic heterocycles. The fraction of sp³-hybridized carbons (Fsp3) is 0.625. The summed E-state index contributed by atoms with van der Waals surface area (Å²) in [6.45, 7) is 16.8. The van der Waals surface area contributed by atoms with Crippen LogP contribution in [0.5, 0.6) is 0 Å². The molecule has 156 valence electrons. The first kappa shape index (κ1) is 21.9. The Kier molecular flexibility index (Phi) is 5.41. The van der Waals surface area contributed by atoms with Crippen LogP contribution >= 0.6 is 0 Å². The third-order valence-electron chi connectivity index (χ3n) is 6.01. The van der Waals surface area contributed by atoms with Crippen molar-refractivity contribution in [3.8, 4) is 23.7 Å².